The van der Waals surface area contributed by atoms with E-state index in [9.17, 15) is 9.18 Å². The quantitative estimate of drug-likeness (QED) is 0.556. The SMILES string of the molecule is O=C(Nc1cc(Cl)c(Cl)cc1Cl)c1cc(S)ccc1F. The van der Waals surface area contributed by atoms with E-state index in [1.54, 1.807) is 0 Å². The molecule has 1 amide bonds. The highest BCUT2D eigenvalue weighted by Gasteiger charge is 2.14. The first kappa shape index (κ1) is 15.4. The van der Waals surface area contributed by atoms with E-state index in [1.807, 2.05) is 0 Å². The number of hydrogen-bond acceptors (Lipinski definition) is 2. The van der Waals surface area contributed by atoms with Gasteiger partial charge in [-0.05, 0) is 30.3 Å². The molecule has 1 N–H and O–H groups in total. The van der Waals surface area contributed by atoms with E-state index < -0.39 is 11.7 Å². The molecule has 0 saturated heterocycles. The van der Waals surface area contributed by atoms with Gasteiger partial charge in [-0.15, -0.1) is 12.6 Å². The number of nitrogens with one attached hydrogen (secondary N) is 1. The van der Waals surface area contributed by atoms with Crippen LogP contribution in [-0.2, 0) is 0 Å². The average Bonchev–Trinajstić information content (AvgIpc) is 2.38. The van der Waals surface area contributed by atoms with Gasteiger partial charge in [-0.1, -0.05) is 34.8 Å². The van der Waals surface area contributed by atoms with Crippen LogP contribution in [0.3, 0.4) is 0 Å². The first-order valence-electron chi connectivity index (χ1n) is 5.33. The molecule has 0 aliphatic carbocycles. The summed E-state index contributed by atoms with van der Waals surface area (Å²) in [5.41, 5.74) is 0.106. The third kappa shape index (κ3) is 3.38. The second kappa shape index (κ2) is 6.22. The molecule has 0 aliphatic rings. The van der Waals surface area contributed by atoms with Crippen LogP contribution in [0.2, 0.25) is 15.1 Å². The zero-order chi connectivity index (χ0) is 14.9. The zero-order valence-corrected chi connectivity index (χ0v) is 12.9. The number of hydrogen-bond donors (Lipinski definition) is 2. The van der Waals surface area contributed by atoms with Gasteiger partial charge in [0.2, 0.25) is 0 Å². The lowest BCUT2D eigenvalue weighted by Gasteiger charge is -2.09. The number of halogens is 4. The smallest absolute Gasteiger partial charge is 0.258 e. The molecule has 0 unspecified atom stereocenters. The molecule has 0 heterocycles. The highest BCUT2D eigenvalue weighted by atomic mass is 35.5. The Morgan fingerprint density at radius 3 is 2.40 bits per heavy atom. The highest BCUT2D eigenvalue weighted by Crippen LogP contribution is 2.32. The van der Waals surface area contributed by atoms with Gasteiger partial charge in [0.1, 0.15) is 5.82 Å². The van der Waals surface area contributed by atoms with Crippen LogP contribution in [0.5, 0.6) is 0 Å². The molecule has 104 valence electrons. The van der Waals surface area contributed by atoms with E-state index in [2.05, 4.69) is 17.9 Å². The molecule has 2 rings (SSSR count). The molecule has 7 heteroatoms. The summed E-state index contributed by atoms with van der Waals surface area (Å²) in [5.74, 6) is -1.31. The van der Waals surface area contributed by atoms with Crippen molar-refractivity contribution in [3.8, 4) is 0 Å². The summed E-state index contributed by atoms with van der Waals surface area (Å²) in [7, 11) is 0. The van der Waals surface area contributed by atoms with Crippen LogP contribution in [0.1, 0.15) is 10.4 Å². The summed E-state index contributed by atoms with van der Waals surface area (Å²) in [6.45, 7) is 0. The molecule has 20 heavy (non-hydrogen) atoms. The van der Waals surface area contributed by atoms with Crippen molar-refractivity contribution in [1.29, 1.82) is 0 Å². The van der Waals surface area contributed by atoms with Crippen molar-refractivity contribution in [1.82, 2.24) is 0 Å². The monoisotopic (exact) mass is 349 g/mol. The maximum atomic E-state index is 13.6. The number of anilines is 1. The van der Waals surface area contributed by atoms with Crippen molar-refractivity contribution in [3.63, 3.8) is 0 Å². The van der Waals surface area contributed by atoms with Crippen molar-refractivity contribution in [2.45, 2.75) is 4.90 Å². The molecule has 2 aromatic carbocycles. The van der Waals surface area contributed by atoms with Crippen molar-refractivity contribution in [2.75, 3.05) is 5.32 Å². The van der Waals surface area contributed by atoms with Crippen molar-refractivity contribution in [3.05, 3.63) is 56.8 Å². The fourth-order valence-electron chi connectivity index (χ4n) is 1.50. The molecule has 0 aromatic heterocycles. The third-order valence-corrected chi connectivity index (χ3v) is 3.77. The number of benzene rings is 2. The first-order valence-corrected chi connectivity index (χ1v) is 6.91. The lowest BCUT2D eigenvalue weighted by atomic mass is 10.2. The van der Waals surface area contributed by atoms with Gasteiger partial charge in [0.15, 0.2) is 0 Å². The summed E-state index contributed by atoms with van der Waals surface area (Å²) >= 11 is 21.6. The van der Waals surface area contributed by atoms with Gasteiger partial charge in [-0.25, -0.2) is 4.39 Å². The largest absolute Gasteiger partial charge is 0.320 e. The normalized spacial score (nSPS) is 10.4. The first-order chi connectivity index (χ1) is 9.38. The van der Waals surface area contributed by atoms with Crippen LogP contribution >= 0.6 is 47.4 Å². The van der Waals surface area contributed by atoms with Gasteiger partial charge in [0.05, 0.1) is 26.3 Å². The van der Waals surface area contributed by atoms with E-state index >= 15 is 0 Å². The van der Waals surface area contributed by atoms with E-state index in [0.717, 1.165) is 6.07 Å². The Balaban J connectivity index is 2.32. The van der Waals surface area contributed by atoms with Crippen molar-refractivity contribution < 1.29 is 9.18 Å². The fourth-order valence-corrected chi connectivity index (χ4v) is 2.29. The molecule has 0 radical (unpaired) electrons. The van der Waals surface area contributed by atoms with Crippen LogP contribution in [0.4, 0.5) is 10.1 Å². The molecule has 0 spiro atoms. The van der Waals surface area contributed by atoms with Gasteiger partial charge in [0, 0.05) is 4.90 Å². The molecule has 0 atom stereocenters. The van der Waals surface area contributed by atoms with Crippen molar-refractivity contribution in [2.24, 2.45) is 0 Å². The van der Waals surface area contributed by atoms with E-state index in [4.69, 9.17) is 34.8 Å². The maximum Gasteiger partial charge on any atom is 0.258 e. The molecule has 0 bridgehead atoms. The number of carbonyl (C=O) groups is 1. The second-order valence-electron chi connectivity index (χ2n) is 3.86. The molecular weight excluding hydrogens is 344 g/mol. The Bertz CT molecular complexity index is 694. The Morgan fingerprint density at radius 2 is 1.70 bits per heavy atom. The third-order valence-electron chi connectivity index (χ3n) is 2.45. The van der Waals surface area contributed by atoms with E-state index in [-0.39, 0.29) is 26.3 Å². The minimum Gasteiger partial charge on any atom is -0.320 e. The lowest BCUT2D eigenvalue weighted by Crippen LogP contribution is -2.14. The van der Waals surface area contributed by atoms with Gasteiger partial charge in [-0.2, -0.15) is 0 Å². The van der Waals surface area contributed by atoms with Gasteiger partial charge < -0.3 is 5.32 Å². The maximum absolute atomic E-state index is 13.6. The predicted octanol–water partition coefficient (Wildman–Crippen LogP) is 5.33. The van der Waals surface area contributed by atoms with Gasteiger partial charge in [-0.3, -0.25) is 4.79 Å². The van der Waals surface area contributed by atoms with Crippen LogP contribution < -0.4 is 5.32 Å². The van der Waals surface area contributed by atoms with Crippen LogP contribution in [0.25, 0.3) is 0 Å². The van der Waals surface area contributed by atoms with E-state index in [0.29, 0.717) is 4.90 Å². The van der Waals surface area contributed by atoms with E-state index in [1.165, 1.54) is 24.3 Å². The average molecular weight is 351 g/mol. The fraction of sp³-hybridized carbons (Fsp3) is 0. The summed E-state index contributed by atoms with van der Waals surface area (Å²) < 4.78 is 13.6. The summed E-state index contributed by atoms with van der Waals surface area (Å²) in [6, 6.07) is 6.72. The molecule has 0 saturated carbocycles. The minimum atomic E-state index is -0.656. The van der Waals surface area contributed by atoms with Crippen LogP contribution in [0.15, 0.2) is 35.2 Å². The Hall–Kier alpha value is -0.940. The minimum absolute atomic E-state index is 0.139. The highest BCUT2D eigenvalue weighted by molar-refractivity contribution is 7.80. The molecule has 0 fully saturated rings. The zero-order valence-electron chi connectivity index (χ0n) is 9.75. The molecule has 2 nitrogen and oxygen atoms in total. The Kier molecular flexibility index (Phi) is 4.81. The Labute approximate surface area is 135 Å². The molecule has 0 aliphatic heterocycles. The summed E-state index contributed by atoms with van der Waals surface area (Å²) in [5, 5.41) is 3.17. The summed E-state index contributed by atoms with van der Waals surface area (Å²) in [4.78, 5) is 12.5. The van der Waals surface area contributed by atoms with Crippen molar-refractivity contribution >= 4 is 59.0 Å². The number of amides is 1. The summed E-state index contributed by atoms with van der Waals surface area (Å²) in [6.07, 6.45) is 0. The van der Waals surface area contributed by atoms with Crippen LogP contribution in [0, 0.1) is 5.82 Å². The molecular formula is C13H7Cl3FNOS. The standard InChI is InChI=1S/C13H7Cl3FNOS/c14-8-4-10(16)12(5-9(8)15)18-13(19)7-3-6(20)1-2-11(7)17/h1-5,20H,(H,18,19). The Morgan fingerprint density at radius 1 is 1.05 bits per heavy atom. The van der Waals surface area contributed by atoms with Gasteiger partial charge >= 0.3 is 0 Å². The number of thiol groups is 1. The molecule has 2 aromatic rings. The number of rotatable bonds is 2. The van der Waals surface area contributed by atoms with Gasteiger partial charge in [0.25, 0.3) is 5.91 Å². The predicted molar refractivity (Wildman–Crippen MR) is 83.1 cm³/mol. The number of carbonyl (C=O) groups excluding carboxylic acids is 1. The van der Waals surface area contributed by atoms with Crippen LogP contribution in [-0.4, -0.2) is 5.91 Å². The topological polar surface area (TPSA) is 29.1 Å². The second-order valence-corrected chi connectivity index (χ2v) is 5.60. The lowest BCUT2D eigenvalue weighted by molar-refractivity contribution is 0.102.